The van der Waals surface area contributed by atoms with Crippen molar-refractivity contribution in [3.8, 4) is 11.3 Å². The van der Waals surface area contributed by atoms with Crippen molar-refractivity contribution in [1.82, 2.24) is 15.1 Å². The molecule has 1 heterocycles. The number of rotatable bonds is 4. The van der Waals surface area contributed by atoms with Crippen LogP contribution in [0.5, 0.6) is 0 Å². The van der Waals surface area contributed by atoms with Crippen LogP contribution in [0.15, 0.2) is 60.7 Å². The highest BCUT2D eigenvalue weighted by Crippen LogP contribution is 2.19. The van der Waals surface area contributed by atoms with Gasteiger partial charge in [0.15, 0.2) is 0 Å². The summed E-state index contributed by atoms with van der Waals surface area (Å²) in [6, 6.07) is 19.8. The number of hydrogen-bond donors (Lipinski definition) is 1. The molecule has 1 aromatic heterocycles. The smallest absolute Gasteiger partial charge is 0.271 e. The molecular formula is C19H19N3O. The number of aryl methyl sites for hydroxylation is 1. The summed E-state index contributed by atoms with van der Waals surface area (Å²) in [5, 5.41) is 7.10. The summed E-state index contributed by atoms with van der Waals surface area (Å²) in [6.07, 6.45) is 0. The molecule has 0 spiro atoms. The molecule has 3 aromatic rings. The Bertz CT molecular complexity index is 791. The van der Waals surface area contributed by atoms with Gasteiger partial charge in [0.05, 0.1) is 5.69 Å². The lowest BCUT2D eigenvalue weighted by Crippen LogP contribution is -2.26. The normalized spacial score (nSPS) is 10.5. The van der Waals surface area contributed by atoms with Crippen molar-refractivity contribution in [2.24, 2.45) is 0 Å². The van der Waals surface area contributed by atoms with Gasteiger partial charge in [-0.1, -0.05) is 60.2 Å². The van der Waals surface area contributed by atoms with Gasteiger partial charge in [-0.3, -0.25) is 9.89 Å². The monoisotopic (exact) mass is 305 g/mol. The topological polar surface area (TPSA) is 49.0 Å². The first-order valence-corrected chi connectivity index (χ1v) is 7.55. The van der Waals surface area contributed by atoms with Gasteiger partial charge in [0, 0.05) is 19.2 Å². The molecule has 0 aliphatic carbocycles. The Morgan fingerprint density at radius 3 is 2.48 bits per heavy atom. The van der Waals surface area contributed by atoms with Crippen molar-refractivity contribution in [3.05, 3.63) is 77.5 Å². The Labute approximate surface area is 135 Å². The fourth-order valence-electron chi connectivity index (χ4n) is 2.44. The molecule has 0 bridgehead atoms. The molecule has 3 rings (SSSR count). The summed E-state index contributed by atoms with van der Waals surface area (Å²) in [5.74, 6) is -0.0697. The van der Waals surface area contributed by atoms with Crippen molar-refractivity contribution < 1.29 is 4.79 Å². The van der Waals surface area contributed by atoms with E-state index in [1.807, 2.05) is 61.5 Å². The van der Waals surface area contributed by atoms with Crippen LogP contribution in [0.3, 0.4) is 0 Å². The fourth-order valence-corrected chi connectivity index (χ4v) is 2.44. The molecule has 2 aromatic carbocycles. The average molecular weight is 305 g/mol. The molecule has 0 unspecified atom stereocenters. The van der Waals surface area contributed by atoms with Crippen molar-refractivity contribution in [3.63, 3.8) is 0 Å². The standard InChI is InChI=1S/C19H19N3O/c1-14-8-10-16(11-9-14)17-12-18(21-20-17)19(23)22(2)13-15-6-4-3-5-7-15/h3-12H,13H2,1-2H3,(H,20,21). The zero-order chi connectivity index (χ0) is 16.2. The molecule has 1 N–H and O–H groups in total. The van der Waals surface area contributed by atoms with E-state index < -0.39 is 0 Å². The van der Waals surface area contributed by atoms with Crippen LogP contribution in [-0.2, 0) is 6.54 Å². The maximum atomic E-state index is 12.5. The third kappa shape index (κ3) is 3.48. The third-order valence-electron chi connectivity index (χ3n) is 3.76. The van der Waals surface area contributed by atoms with Gasteiger partial charge in [-0.2, -0.15) is 5.10 Å². The van der Waals surface area contributed by atoms with Crippen LogP contribution < -0.4 is 0 Å². The number of nitrogens with zero attached hydrogens (tertiary/aromatic N) is 2. The summed E-state index contributed by atoms with van der Waals surface area (Å²) < 4.78 is 0. The molecule has 0 radical (unpaired) electrons. The van der Waals surface area contributed by atoms with Gasteiger partial charge in [0.1, 0.15) is 5.69 Å². The highest BCUT2D eigenvalue weighted by atomic mass is 16.2. The van der Waals surface area contributed by atoms with E-state index in [4.69, 9.17) is 0 Å². The number of benzene rings is 2. The molecule has 23 heavy (non-hydrogen) atoms. The van der Waals surface area contributed by atoms with Gasteiger partial charge in [0.2, 0.25) is 0 Å². The van der Waals surface area contributed by atoms with Gasteiger partial charge >= 0.3 is 0 Å². The van der Waals surface area contributed by atoms with Crippen molar-refractivity contribution in [2.45, 2.75) is 13.5 Å². The highest BCUT2D eigenvalue weighted by Gasteiger charge is 2.15. The van der Waals surface area contributed by atoms with E-state index in [9.17, 15) is 4.79 Å². The molecule has 4 heteroatoms. The summed E-state index contributed by atoms with van der Waals surface area (Å²) >= 11 is 0. The van der Waals surface area contributed by atoms with Gasteiger partial charge in [-0.25, -0.2) is 0 Å². The lowest BCUT2D eigenvalue weighted by Gasteiger charge is -2.16. The van der Waals surface area contributed by atoms with Gasteiger partial charge in [0.25, 0.3) is 5.91 Å². The van der Waals surface area contributed by atoms with Crippen LogP contribution >= 0.6 is 0 Å². The number of aromatic nitrogens is 2. The number of carbonyl (C=O) groups is 1. The van der Waals surface area contributed by atoms with Crippen molar-refractivity contribution in [1.29, 1.82) is 0 Å². The molecule has 0 aliphatic heterocycles. The van der Waals surface area contributed by atoms with E-state index in [1.165, 1.54) is 5.56 Å². The van der Waals surface area contributed by atoms with Crippen LogP contribution in [0, 0.1) is 6.92 Å². The molecule has 0 saturated carbocycles. The minimum atomic E-state index is -0.0697. The Hall–Kier alpha value is -2.88. The predicted molar refractivity (Wildman–Crippen MR) is 91.0 cm³/mol. The number of amides is 1. The molecule has 0 saturated heterocycles. The van der Waals surface area contributed by atoms with E-state index in [-0.39, 0.29) is 5.91 Å². The van der Waals surface area contributed by atoms with Crippen LogP contribution in [-0.4, -0.2) is 28.1 Å². The second-order valence-corrected chi connectivity index (χ2v) is 5.68. The number of nitrogens with one attached hydrogen (secondary N) is 1. The zero-order valence-corrected chi connectivity index (χ0v) is 13.3. The molecule has 0 aliphatic rings. The maximum Gasteiger partial charge on any atom is 0.271 e. The highest BCUT2D eigenvalue weighted by molar-refractivity contribution is 5.93. The number of H-pyrrole nitrogens is 1. The first kappa shape index (κ1) is 15.0. The maximum absolute atomic E-state index is 12.5. The minimum Gasteiger partial charge on any atom is -0.336 e. The SMILES string of the molecule is Cc1ccc(-c2cc(C(=O)N(C)Cc3ccccc3)[nH]n2)cc1. The summed E-state index contributed by atoms with van der Waals surface area (Å²) in [4.78, 5) is 14.2. The lowest BCUT2D eigenvalue weighted by molar-refractivity contribution is 0.0779. The van der Waals surface area contributed by atoms with Gasteiger partial charge in [-0.05, 0) is 18.6 Å². The van der Waals surface area contributed by atoms with Crippen LogP contribution in [0.2, 0.25) is 0 Å². The summed E-state index contributed by atoms with van der Waals surface area (Å²) in [6.45, 7) is 2.61. The third-order valence-corrected chi connectivity index (χ3v) is 3.76. The first-order valence-electron chi connectivity index (χ1n) is 7.55. The minimum absolute atomic E-state index is 0.0697. The molecule has 4 nitrogen and oxygen atoms in total. The Morgan fingerprint density at radius 2 is 1.78 bits per heavy atom. The fraction of sp³-hybridized carbons (Fsp3) is 0.158. The number of aromatic amines is 1. The van der Waals surface area contributed by atoms with Crippen molar-refractivity contribution >= 4 is 5.91 Å². The second-order valence-electron chi connectivity index (χ2n) is 5.68. The van der Waals surface area contributed by atoms with Gasteiger partial charge < -0.3 is 4.90 Å². The van der Waals surface area contributed by atoms with E-state index in [2.05, 4.69) is 10.2 Å². The van der Waals surface area contributed by atoms with E-state index >= 15 is 0 Å². The Morgan fingerprint density at radius 1 is 1.09 bits per heavy atom. The molecule has 1 amide bonds. The Balaban J connectivity index is 1.74. The molecule has 0 atom stereocenters. The average Bonchev–Trinajstić information content (AvgIpc) is 3.05. The number of carbonyl (C=O) groups excluding carboxylic acids is 1. The number of hydrogen-bond acceptors (Lipinski definition) is 2. The van der Waals surface area contributed by atoms with Gasteiger partial charge in [-0.15, -0.1) is 0 Å². The zero-order valence-electron chi connectivity index (χ0n) is 13.3. The summed E-state index contributed by atoms with van der Waals surface area (Å²) in [5.41, 5.74) is 4.57. The second kappa shape index (κ2) is 6.48. The molecule has 0 fully saturated rings. The lowest BCUT2D eigenvalue weighted by atomic mass is 10.1. The quantitative estimate of drug-likeness (QED) is 0.799. The first-order chi connectivity index (χ1) is 11.1. The molecular weight excluding hydrogens is 286 g/mol. The van der Waals surface area contributed by atoms with Crippen LogP contribution in [0.4, 0.5) is 0 Å². The summed E-state index contributed by atoms with van der Waals surface area (Å²) in [7, 11) is 1.79. The predicted octanol–water partition coefficient (Wildman–Crippen LogP) is 3.66. The Kier molecular flexibility index (Phi) is 4.24. The van der Waals surface area contributed by atoms with Crippen LogP contribution in [0.25, 0.3) is 11.3 Å². The molecule has 116 valence electrons. The van der Waals surface area contributed by atoms with E-state index in [1.54, 1.807) is 18.0 Å². The van der Waals surface area contributed by atoms with E-state index in [0.717, 1.165) is 16.8 Å². The van der Waals surface area contributed by atoms with Crippen LogP contribution in [0.1, 0.15) is 21.6 Å². The van der Waals surface area contributed by atoms with Crippen molar-refractivity contribution in [2.75, 3.05) is 7.05 Å². The van der Waals surface area contributed by atoms with E-state index in [0.29, 0.717) is 12.2 Å². The largest absolute Gasteiger partial charge is 0.336 e.